The summed E-state index contributed by atoms with van der Waals surface area (Å²) in [6.45, 7) is 6.42. The molecule has 72 valence electrons. The normalized spacial score (nSPS) is 38.2. The standard InChI is InChI=1S/C10H19FO/c1-10(2,3)7-4-5-9(12)8(11)6-7/h7-9,12H,4-6H2,1-3H3/t7?,8-,9-/m1/s1. The van der Waals surface area contributed by atoms with Crippen LogP contribution in [0.3, 0.4) is 0 Å². The van der Waals surface area contributed by atoms with Crippen LogP contribution in [-0.4, -0.2) is 17.4 Å². The van der Waals surface area contributed by atoms with Gasteiger partial charge in [-0.2, -0.15) is 0 Å². The molecular formula is C10H19FO. The zero-order chi connectivity index (χ0) is 9.35. The number of rotatable bonds is 0. The van der Waals surface area contributed by atoms with Crippen molar-refractivity contribution in [2.75, 3.05) is 0 Å². The molecule has 1 aliphatic rings. The molecule has 0 aliphatic heterocycles. The third-order valence-corrected chi connectivity index (χ3v) is 2.96. The van der Waals surface area contributed by atoms with Gasteiger partial charge in [0, 0.05) is 0 Å². The molecule has 1 N–H and O–H groups in total. The molecule has 0 radical (unpaired) electrons. The van der Waals surface area contributed by atoms with E-state index in [2.05, 4.69) is 20.8 Å². The Morgan fingerprint density at radius 2 is 1.83 bits per heavy atom. The molecule has 0 bridgehead atoms. The third kappa shape index (κ3) is 2.19. The molecule has 0 spiro atoms. The zero-order valence-corrected chi connectivity index (χ0v) is 8.18. The summed E-state index contributed by atoms with van der Waals surface area (Å²) in [5.74, 6) is 0.427. The Bertz CT molecular complexity index is 150. The molecule has 0 aromatic carbocycles. The summed E-state index contributed by atoms with van der Waals surface area (Å²) >= 11 is 0. The second-order valence-electron chi connectivity index (χ2n) is 4.96. The molecule has 0 aromatic rings. The quantitative estimate of drug-likeness (QED) is 0.598. The van der Waals surface area contributed by atoms with Crippen molar-refractivity contribution in [3.05, 3.63) is 0 Å². The Morgan fingerprint density at radius 3 is 2.25 bits per heavy atom. The fourth-order valence-electron chi connectivity index (χ4n) is 1.89. The minimum absolute atomic E-state index is 0.185. The molecule has 0 saturated heterocycles. The Morgan fingerprint density at radius 1 is 1.25 bits per heavy atom. The summed E-state index contributed by atoms with van der Waals surface area (Å²) in [6.07, 6.45) is 0.422. The lowest BCUT2D eigenvalue weighted by molar-refractivity contribution is 0.000313. The van der Waals surface area contributed by atoms with Crippen molar-refractivity contribution in [3.8, 4) is 0 Å². The average Bonchev–Trinajstić information content (AvgIpc) is 1.92. The third-order valence-electron chi connectivity index (χ3n) is 2.96. The van der Waals surface area contributed by atoms with Gasteiger partial charge in [-0.05, 0) is 30.6 Å². The van der Waals surface area contributed by atoms with Crippen molar-refractivity contribution in [3.63, 3.8) is 0 Å². The van der Waals surface area contributed by atoms with Crippen LogP contribution < -0.4 is 0 Å². The first-order valence-electron chi connectivity index (χ1n) is 4.73. The second-order valence-corrected chi connectivity index (χ2v) is 4.96. The van der Waals surface area contributed by atoms with E-state index in [0.717, 1.165) is 6.42 Å². The SMILES string of the molecule is CC(C)(C)C1CC[C@@H](O)[C@H](F)C1. The molecule has 1 aliphatic carbocycles. The van der Waals surface area contributed by atoms with E-state index in [0.29, 0.717) is 18.8 Å². The Kier molecular flexibility index (Phi) is 2.77. The van der Waals surface area contributed by atoms with Gasteiger partial charge in [0.15, 0.2) is 0 Å². The van der Waals surface area contributed by atoms with Crippen LogP contribution in [0.15, 0.2) is 0 Å². The van der Waals surface area contributed by atoms with Gasteiger partial charge in [0.2, 0.25) is 0 Å². The number of hydrogen-bond acceptors (Lipinski definition) is 1. The molecule has 1 saturated carbocycles. The summed E-state index contributed by atoms with van der Waals surface area (Å²) in [7, 11) is 0. The smallest absolute Gasteiger partial charge is 0.126 e. The highest BCUT2D eigenvalue weighted by atomic mass is 19.1. The first-order chi connectivity index (χ1) is 5.41. The molecule has 3 atom stereocenters. The van der Waals surface area contributed by atoms with Crippen molar-refractivity contribution in [1.82, 2.24) is 0 Å². The molecule has 1 unspecified atom stereocenters. The van der Waals surface area contributed by atoms with E-state index in [1.807, 2.05) is 0 Å². The predicted molar refractivity (Wildman–Crippen MR) is 47.7 cm³/mol. The average molecular weight is 174 g/mol. The van der Waals surface area contributed by atoms with Crippen molar-refractivity contribution >= 4 is 0 Å². The van der Waals surface area contributed by atoms with Crippen LogP contribution in [-0.2, 0) is 0 Å². The maximum atomic E-state index is 13.1. The number of aliphatic hydroxyl groups is 1. The topological polar surface area (TPSA) is 20.2 Å². The summed E-state index contributed by atoms with van der Waals surface area (Å²) < 4.78 is 13.1. The lowest BCUT2D eigenvalue weighted by Gasteiger charge is -2.37. The molecule has 1 fully saturated rings. The van der Waals surface area contributed by atoms with Crippen molar-refractivity contribution in [1.29, 1.82) is 0 Å². The van der Waals surface area contributed by atoms with Crippen LogP contribution >= 0.6 is 0 Å². The molecule has 12 heavy (non-hydrogen) atoms. The van der Waals surface area contributed by atoms with Gasteiger partial charge in [-0.25, -0.2) is 4.39 Å². The van der Waals surface area contributed by atoms with Crippen molar-refractivity contribution in [2.45, 2.75) is 52.3 Å². The van der Waals surface area contributed by atoms with Gasteiger partial charge >= 0.3 is 0 Å². The zero-order valence-electron chi connectivity index (χ0n) is 8.18. The molecule has 0 amide bonds. The Hall–Kier alpha value is -0.110. The molecule has 0 aromatic heterocycles. The first-order valence-corrected chi connectivity index (χ1v) is 4.73. The van der Waals surface area contributed by atoms with E-state index in [1.54, 1.807) is 0 Å². The van der Waals surface area contributed by atoms with Crippen LogP contribution in [0.25, 0.3) is 0 Å². The Labute approximate surface area is 74.0 Å². The molecule has 1 nitrogen and oxygen atoms in total. The van der Waals surface area contributed by atoms with Crippen LogP contribution in [0.2, 0.25) is 0 Å². The fourth-order valence-corrected chi connectivity index (χ4v) is 1.89. The highest BCUT2D eigenvalue weighted by molar-refractivity contribution is 4.85. The van der Waals surface area contributed by atoms with Gasteiger partial charge < -0.3 is 5.11 Å². The van der Waals surface area contributed by atoms with Gasteiger partial charge in [0.25, 0.3) is 0 Å². The van der Waals surface area contributed by atoms with Crippen molar-refractivity contribution < 1.29 is 9.50 Å². The summed E-state index contributed by atoms with van der Waals surface area (Å²) in [4.78, 5) is 0. The Balaban J connectivity index is 2.51. The number of alkyl halides is 1. The fraction of sp³-hybridized carbons (Fsp3) is 1.00. The predicted octanol–water partition coefficient (Wildman–Crippen LogP) is 2.53. The van der Waals surface area contributed by atoms with Gasteiger partial charge in [-0.15, -0.1) is 0 Å². The summed E-state index contributed by atoms with van der Waals surface area (Å²) in [6, 6.07) is 0. The van der Waals surface area contributed by atoms with Gasteiger partial charge in [-0.3, -0.25) is 0 Å². The largest absolute Gasteiger partial charge is 0.390 e. The lowest BCUT2D eigenvalue weighted by atomic mass is 9.71. The van der Waals surface area contributed by atoms with Crippen molar-refractivity contribution in [2.24, 2.45) is 11.3 Å². The lowest BCUT2D eigenvalue weighted by Crippen LogP contribution is -2.35. The maximum absolute atomic E-state index is 13.1. The monoisotopic (exact) mass is 174 g/mol. The van der Waals surface area contributed by atoms with E-state index in [1.165, 1.54) is 0 Å². The molecular weight excluding hydrogens is 155 g/mol. The molecule has 0 heterocycles. The van der Waals surface area contributed by atoms with E-state index in [4.69, 9.17) is 0 Å². The number of halogens is 1. The van der Waals surface area contributed by atoms with Gasteiger partial charge in [-0.1, -0.05) is 20.8 Å². The number of aliphatic hydroxyl groups excluding tert-OH is 1. The van der Waals surface area contributed by atoms with Crippen LogP contribution in [0.5, 0.6) is 0 Å². The highest BCUT2D eigenvalue weighted by Gasteiger charge is 2.34. The minimum atomic E-state index is -0.997. The van der Waals surface area contributed by atoms with E-state index < -0.39 is 12.3 Å². The number of hydrogen-bond donors (Lipinski definition) is 1. The van der Waals surface area contributed by atoms with E-state index in [9.17, 15) is 9.50 Å². The maximum Gasteiger partial charge on any atom is 0.126 e. The molecule has 1 rings (SSSR count). The van der Waals surface area contributed by atoms with E-state index >= 15 is 0 Å². The van der Waals surface area contributed by atoms with E-state index in [-0.39, 0.29) is 5.41 Å². The van der Waals surface area contributed by atoms with Crippen LogP contribution in [0, 0.1) is 11.3 Å². The van der Waals surface area contributed by atoms with Crippen LogP contribution in [0.4, 0.5) is 4.39 Å². The summed E-state index contributed by atoms with van der Waals surface area (Å²) in [5.41, 5.74) is 0.185. The molecule has 2 heteroatoms. The van der Waals surface area contributed by atoms with Crippen LogP contribution in [0.1, 0.15) is 40.0 Å². The second kappa shape index (κ2) is 3.33. The summed E-state index contributed by atoms with van der Waals surface area (Å²) in [5, 5.41) is 9.19. The highest BCUT2D eigenvalue weighted by Crippen LogP contribution is 2.38. The minimum Gasteiger partial charge on any atom is -0.390 e. The first kappa shape index (κ1) is 9.97. The van der Waals surface area contributed by atoms with Gasteiger partial charge in [0.1, 0.15) is 6.17 Å². The van der Waals surface area contributed by atoms with Gasteiger partial charge in [0.05, 0.1) is 6.10 Å².